The topological polar surface area (TPSA) is 37.4 Å². The lowest BCUT2D eigenvalue weighted by Crippen LogP contribution is -2.33. The van der Waals surface area contributed by atoms with Gasteiger partial charge in [0.15, 0.2) is 0 Å². The van der Waals surface area contributed by atoms with E-state index in [2.05, 4.69) is 74.5 Å². The SMILES string of the molecule is Cc1ccc(C(=C2[C@H]3C=C[C@H]2[C@H]2C(=O)N(c4ccccc4C)C(=O)[C@@H]23)c2ccc(C)cc2)cc1. The van der Waals surface area contributed by atoms with Crippen LogP contribution in [0.15, 0.2) is 90.5 Å². The molecule has 1 saturated heterocycles. The van der Waals surface area contributed by atoms with Gasteiger partial charge in [0.1, 0.15) is 0 Å². The standard InChI is InChI=1S/C31H27NO2/c1-18-8-12-21(13-9-18)26(22-14-10-19(2)11-15-22)27-23-16-17-24(27)29-28(23)30(33)32(31(29)34)25-7-5-4-6-20(25)3/h4-17,23-24,28-29H,1-3H3/t23-,24-,28-,29-/m1/s1. The van der Waals surface area contributed by atoms with Crippen LogP contribution in [0.4, 0.5) is 5.69 Å². The number of anilines is 1. The molecule has 6 rings (SSSR count). The van der Waals surface area contributed by atoms with Crippen LogP contribution in [0, 0.1) is 44.4 Å². The van der Waals surface area contributed by atoms with Crippen LogP contribution in [0.25, 0.3) is 5.57 Å². The summed E-state index contributed by atoms with van der Waals surface area (Å²) < 4.78 is 0. The number of rotatable bonds is 3. The highest BCUT2D eigenvalue weighted by molar-refractivity contribution is 6.23. The average Bonchev–Trinajstić information content (AvgIpc) is 3.46. The normalized spacial score (nSPS) is 24.8. The Balaban J connectivity index is 1.50. The zero-order valence-corrected chi connectivity index (χ0v) is 19.7. The number of nitrogens with zero attached hydrogens (tertiary/aromatic N) is 1. The van der Waals surface area contributed by atoms with E-state index in [-0.39, 0.29) is 35.5 Å². The molecular weight excluding hydrogens is 418 g/mol. The van der Waals surface area contributed by atoms with E-state index < -0.39 is 0 Å². The van der Waals surface area contributed by atoms with Gasteiger partial charge in [0.05, 0.1) is 17.5 Å². The molecular formula is C31H27NO2. The van der Waals surface area contributed by atoms with Gasteiger partial charge in [-0.3, -0.25) is 9.59 Å². The van der Waals surface area contributed by atoms with Crippen LogP contribution in [0.3, 0.4) is 0 Å². The van der Waals surface area contributed by atoms with Crippen LogP contribution in [0.1, 0.15) is 27.8 Å². The summed E-state index contributed by atoms with van der Waals surface area (Å²) in [6, 6.07) is 24.8. The van der Waals surface area contributed by atoms with Crippen molar-refractivity contribution in [3.05, 3.63) is 118 Å². The number of benzene rings is 3. The molecule has 1 saturated carbocycles. The number of hydrogen-bond donors (Lipinski definition) is 0. The van der Waals surface area contributed by atoms with E-state index >= 15 is 0 Å². The number of aryl methyl sites for hydroxylation is 3. The number of carbonyl (C=O) groups is 2. The molecule has 0 aromatic heterocycles. The number of para-hydroxylation sites is 1. The zero-order chi connectivity index (χ0) is 23.6. The monoisotopic (exact) mass is 445 g/mol. The van der Waals surface area contributed by atoms with Gasteiger partial charge in [-0.05, 0) is 54.7 Å². The maximum absolute atomic E-state index is 13.7. The molecule has 2 bridgehead atoms. The van der Waals surface area contributed by atoms with Crippen LogP contribution in [-0.4, -0.2) is 11.8 Å². The van der Waals surface area contributed by atoms with Crippen molar-refractivity contribution in [3.8, 4) is 0 Å². The van der Waals surface area contributed by atoms with Crippen molar-refractivity contribution in [1.82, 2.24) is 0 Å². The van der Waals surface area contributed by atoms with E-state index in [0.717, 1.165) is 22.3 Å². The second kappa shape index (κ2) is 7.66. The second-order valence-corrected chi connectivity index (χ2v) is 9.85. The predicted molar refractivity (Wildman–Crippen MR) is 135 cm³/mol. The van der Waals surface area contributed by atoms with E-state index in [0.29, 0.717) is 5.69 Å². The molecule has 0 unspecified atom stereocenters. The van der Waals surface area contributed by atoms with Gasteiger partial charge in [-0.25, -0.2) is 4.90 Å². The van der Waals surface area contributed by atoms with Crippen LogP contribution in [0.5, 0.6) is 0 Å². The Kier molecular flexibility index (Phi) is 4.70. The van der Waals surface area contributed by atoms with Crippen molar-refractivity contribution in [2.75, 3.05) is 4.90 Å². The Bertz CT molecular complexity index is 1300. The summed E-state index contributed by atoms with van der Waals surface area (Å²) in [5, 5.41) is 0. The lowest BCUT2D eigenvalue weighted by atomic mass is 9.85. The minimum Gasteiger partial charge on any atom is -0.274 e. The molecule has 3 aromatic rings. The molecule has 0 radical (unpaired) electrons. The van der Waals surface area contributed by atoms with Crippen molar-refractivity contribution in [1.29, 1.82) is 0 Å². The maximum atomic E-state index is 13.7. The lowest BCUT2D eigenvalue weighted by molar-refractivity contribution is -0.122. The molecule has 3 heteroatoms. The molecule has 1 aliphatic heterocycles. The first-order valence-corrected chi connectivity index (χ1v) is 12.0. The first-order chi connectivity index (χ1) is 16.5. The summed E-state index contributed by atoms with van der Waals surface area (Å²) in [6.07, 6.45) is 4.33. The third-order valence-corrected chi connectivity index (χ3v) is 7.74. The Labute approximate surface area is 200 Å². The van der Waals surface area contributed by atoms with Crippen molar-refractivity contribution in [2.24, 2.45) is 23.7 Å². The fourth-order valence-electron chi connectivity index (χ4n) is 6.09. The van der Waals surface area contributed by atoms with Gasteiger partial charge >= 0.3 is 0 Å². The van der Waals surface area contributed by atoms with Crippen molar-refractivity contribution in [3.63, 3.8) is 0 Å². The number of fused-ring (bicyclic) bond motifs is 5. The molecule has 4 atom stereocenters. The second-order valence-electron chi connectivity index (χ2n) is 9.85. The molecule has 0 N–H and O–H groups in total. The summed E-state index contributed by atoms with van der Waals surface area (Å²) in [6.45, 7) is 6.13. The molecule has 2 aliphatic carbocycles. The number of hydrogen-bond acceptors (Lipinski definition) is 2. The predicted octanol–water partition coefficient (Wildman–Crippen LogP) is 6.04. The molecule has 0 spiro atoms. The maximum Gasteiger partial charge on any atom is 0.238 e. The largest absolute Gasteiger partial charge is 0.274 e. The zero-order valence-electron chi connectivity index (χ0n) is 19.7. The first-order valence-electron chi connectivity index (χ1n) is 12.0. The van der Waals surface area contributed by atoms with Crippen LogP contribution in [0.2, 0.25) is 0 Å². The Morgan fingerprint density at radius 1 is 0.647 bits per heavy atom. The van der Waals surface area contributed by atoms with Gasteiger partial charge in [0.2, 0.25) is 11.8 Å². The summed E-state index contributed by atoms with van der Waals surface area (Å²) in [5.41, 5.74) is 8.74. The van der Waals surface area contributed by atoms with Gasteiger partial charge in [-0.1, -0.05) is 90.0 Å². The summed E-state index contributed by atoms with van der Waals surface area (Å²) in [5.74, 6) is -0.904. The quantitative estimate of drug-likeness (QED) is 0.364. The third-order valence-electron chi connectivity index (χ3n) is 7.74. The van der Waals surface area contributed by atoms with Crippen molar-refractivity contribution in [2.45, 2.75) is 20.8 Å². The molecule has 3 aromatic carbocycles. The average molecular weight is 446 g/mol. The number of amides is 2. The summed E-state index contributed by atoms with van der Waals surface area (Å²) >= 11 is 0. The fraction of sp³-hybridized carbons (Fsp3) is 0.226. The lowest BCUT2D eigenvalue weighted by Gasteiger charge is -2.22. The molecule has 2 amide bonds. The third kappa shape index (κ3) is 2.96. The van der Waals surface area contributed by atoms with Gasteiger partial charge in [-0.15, -0.1) is 0 Å². The summed E-state index contributed by atoms with van der Waals surface area (Å²) in [4.78, 5) is 28.9. The number of carbonyl (C=O) groups excluding carboxylic acids is 2. The highest BCUT2D eigenvalue weighted by atomic mass is 16.2. The minimum atomic E-state index is -0.331. The molecule has 1 heterocycles. The van der Waals surface area contributed by atoms with E-state index in [1.54, 1.807) is 0 Å². The molecule has 168 valence electrons. The van der Waals surface area contributed by atoms with Crippen molar-refractivity contribution >= 4 is 23.1 Å². The van der Waals surface area contributed by atoms with Gasteiger partial charge < -0.3 is 0 Å². The highest BCUT2D eigenvalue weighted by Crippen LogP contribution is 2.59. The van der Waals surface area contributed by atoms with E-state index in [4.69, 9.17) is 0 Å². The smallest absolute Gasteiger partial charge is 0.238 e. The Hall–Kier alpha value is -3.72. The number of imide groups is 1. The molecule has 34 heavy (non-hydrogen) atoms. The van der Waals surface area contributed by atoms with Crippen molar-refractivity contribution < 1.29 is 9.59 Å². The molecule has 3 nitrogen and oxygen atoms in total. The highest BCUT2D eigenvalue weighted by Gasteiger charge is 2.62. The minimum absolute atomic E-state index is 0.0573. The van der Waals surface area contributed by atoms with Gasteiger partial charge in [-0.2, -0.15) is 0 Å². The first kappa shape index (κ1) is 20.9. The molecule has 2 fully saturated rings. The van der Waals surface area contributed by atoms with E-state index in [9.17, 15) is 9.59 Å². The Morgan fingerprint density at radius 2 is 1.12 bits per heavy atom. The van der Waals surface area contributed by atoms with E-state index in [1.807, 2.05) is 31.2 Å². The van der Waals surface area contributed by atoms with Crippen LogP contribution in [-0.2, 0) is 9.59 Å². The summed E-state index contributed by atoms with van der Waals surface area (Å²) in [7, 11) is 0. The fourth-order valence-corrected chi connectivity index (χ4v) is 6.09. The van der Waals surface area contributed by atoms with Gasteiger partial charge in [0.25, 0.3) is 0 Å². The number of allylic oxidation sites excluding steroid dienone is 3. The van der Waals surface area contributed by atoms with E-state index in [1.165, 1.54) is 21.6 Å². The van der Waals surface area contributed by atoms with Crippen LogP contribution < -0.4 is 4.90 Å². The molecule has 3 aliphatic rings. The van der Waals surface area contributed by atoms with Crippen LogP contribution >= 0.6 is 0 Å². The Morgan fingerprint density at radius 3 is 1.59 bits per heavy atom. The van der Waals surface area contributed by atoms with Gasteiger partial charge in [0, 0.05) is 11.8 Å².